The summed E-state index contributed by atoms with van der Waals surface area (Å²) in [7, 11) is 4.67. The summed E-state index contributed by atoms with van der Waals surface area (Å²) in [6.07, 6.45) is 0. The van der Waals surface area contributed by atoms with Crippen molar-refractivity contribution in [3.63, 3.8) is 0 Å². The van der Waals surface area contributed by atoms with Gasteiger partial charge in [-0.1, -0.05) is 0 Å². The third-order valence-electron chi connectivity index (χ3n) is 3.60. The number of aromatic hydroxyl groups is 1. The Kier molecular flexibility index (Phi) is 6.01. The zero-order chi connectivity index (χ0) is 17.5. The number of hydrogen-bond donors (Lipinski definition) is 3. The molecule has 6 heteroatoms. The van der Waals surface area contributed by atoms with Gasteiger partial charge in [-0.3, -0.25) is 0 Å². The van der Waals surface area contributed by atoms with Gasteiger partial charge in [0.05, 0.1) is 21.3 Å². The van der Waals surface area contributed by atoms with Gasteiger partial charge in [-0.15, -0.1) is 0 Å². The summed E-state index contributed by atoms with van der Waals surface area (Å²) in [5, 5.41) is 16.6. The number of phenolic OH excluding ortho intramolecular Hbond substituents is 1. The molecule has 0 saturated carbocycles. The second-order valence-corrected chi connectivity index (χ2v) is 5.14. The van der Waals surface area contributed by atoms with Crippen molar-refractivity contribution in [3.05, 3.63) is 35.9 Å². The van der Waals surface area contributed by atoms with Crippen molar-refractivity contribution in [1.29, 1.82) is 0 Å². The van der Waals surface area contributed by atoms with E-state index in [1.54, 1.807) is 19.2 Å². The van der Waals surface area contributed by atoms with Crippen LogP contribution in [0.25, 0.3) is 0 Å². The molecule has 0 aliphatic carbocycles. The van der Waals surface area contributed by atoms with E-state index in [0.717, 1.165) is 29.2 Å². The molecule has 0 saturated heterocycles. The predicted octanol–water partition coefficient (Wildman–Crippen LogP) is 3.46. The van der Waals surface area contributed by atoms with Crippen molar-refractivity contribution < 1.29 is 19.3 Å². The molecule has 0 radical (unpaired) electrons. The first kappa shape index (κ1) is 17.6. The fourth-order valence-corrected chi connectivity index (χ4v) is 2.47. The van der Waals surface area contributed by atoms with Gasteiger partial charge in [0, 0.05) is 42.2 Å². The molecule has 0 aliphatic rings. The molecule has 3 N–H and O–H groups in total. The highest BCUT2D eigenvalue weighted by Crippen LogP contribution is 2.39. The molecule has 0 atom stereocenters. The maximum atomic E-state index is 10.0. The Balaban J connectivity index is 2.21. The van der Waals surface area contributed by atoms with Gasteiger partial charge in [0.1, 0.15) is 5.75 Å². The Bertz CT molecular complexity index is 689. The molecule has 2 aromatic carbocycles. The average Bonchev–Trinajstić information content (AvgIpc) is 2.59. The van der Waals surface area contributed by atoms with E-state index in [1.807, 2.05) is 18.2 Å². The molecule has 0 amide bonds. The van der Waals surface area contributed by atoms with Gasteiger partial charge in [0.2, 0.25) is 5.75 Å². The van der Waals surface area contributed by atoms with Crippen LogP contribution in [0.4, 0.5) is 11.4 Å². The smallest absolute Gasteiger partial charge is 0.203 e. The van der Waals surface area contributed by atoms with Crippen LogP contribution in [-0.2, 0) is 6.54 Å². The summed E-state index contributed by atoms with van der Waals surface area (Å²) in [5.74, 6) is 1.60. The van der Waals surface area contributed by atoms with Crippen LogP contribution in [0.5, 0.6) is 23.0 Å². The topological polar surface area (TPSA) is 72.0 Å². The van der Waals surface area contributed by atoms with Crippen LogP contribution in [0.3, 0.4) is 0 Å². The average molecular weight is 332 g/mol. The Morgan fingerprint density at radius 1 is 0.875 bits per heavy atom. The van der Waals surface area contributed by atoms with E-state index < -0.39 is 0 Å². The Morgan fingerprint density at radius 2 is 1.62 bits per heavy atom. The molecule has 130 valence electrons. The molecule has 0 unspecified atom stereocenters. The first-order chi connectivity index (χ1) is 11.6. The normalized spacial score (nSPS) is 10.2. The minimum Gasteiger partial charge on any atom is -0.504 e. The lowest BCUT2D eigenvalue weighted by Crippen LogP contribution is -2.04. The van der Waals surface area contributed by atoms with Gasteiger partial charge in [-0.25, -0.2) is 0 Å². The number of hydrogen-bond acceptors (Lipinski definition) is 6. The van der Waals surface area contributed by atoms with Crippen molar-refractivity contribution in [2.45, 2.75) is 13.5 Å². The fourth-order valence-electron chi connectivity index (χ4n) is 2.47. The van der Waals surface area contributed by atoms with Crippen LogP contribution in [-0.4, -0.2) is 33.0 Å². The first-order valence-corrected chi connectivity index (χ1v) is 7.72. The molecule has 0 aromatic heterocycles. The minimum absolute atomic E-state index is 0.0210. The van der Waals surface area contributed by atoms with Crippen LogP contribution >= 0.6 is 0 Å². The van der Waals surface area contributed by atoms with Gasteiger partial charge in [0.25, 0.3) is 0 Å². The third-order valence-corrected chi connectivity index (χ3v) is 3.60. The van der Waals surface area contributed by atoms with Gasteiger partial charge in [-0.2, -0.15) is 0 Å². The monoisotopic (exact) mass is 332 g/mol. The number of methoxy groups -OCH3 is 3. The number of nitrogens with one attached hydrogen (secondary N) is 2. The van der Waals surface area contributed by atoms with Gasteiger partial charge in [-0.05, 0) is 25.1 Å². The molecule has 2 rings (SSSR count). The van der Waals surface area contributed by atoms with E-state index in [1.165, 1.54) is 14.2 Å². The van der Waals surface area contributed by atoms with E-state index >= 15 is 0 Å². The molecule has 0 fully saturated rings. The van der Waals surface area contributed by atoms with Crippen LogP contribution in [0.15, 0.2) is 30.3 Å². The molecule has 2 aromatic rings. The second kappa shape index (κ2) is 8.19. The van der Waals surface area contributed by atoms with E-state index in [4.69, 9.17) is 14.2 Å². The van der Waals surface area contributed by atoms with Crippen molar-refractivity contribution in [1.82, 2.24) is 0 Å². The molecule has 0 spiro atoms. The van der Waals surface area contributed by atoms with Crippen LogP contribution in [0.1, 0.15) is 12.5 Å². The molecule has 6 nitrogen and oxygen atoms in total. The van der Waals surface area contributed by atoms with E-state index in [2.05, 4.69) is 17.6 Å². The van der Waals surface area contributed by atoms with Gasteiger partial charge in [0.15, 0.2) is 11.5 Å². The highest BCUT2D eigenvalue weighted by atomic mass is 16.5. The summed E-state index contributed by atoms with van der Waals surface area (Å²) in [4.78, 5) is 0. The van der Waals surface area contributed by atoms with E-state index in [0.29, 0.717) is 18.0 Å². The molecule has 24 heavy (non-hydrogen) atoms. The zero-order valence-corrected chi connectivity index (χ0v) is 14.5. The maximum absolute atomic E-state index is 10.0. The summed E-state index contributed by atoms with van der Waals surface area (Å²) < 4.78 is 15.8. The van der Waals surface area contributed by atoms with Crippen molar-refractivity contribution in [2.75, 3.05) is 38.5 Å². The quantitative estimate of drug-likeness (QED) is 0.687. The fraction of sp³-hybridized carbons (Fsp3) is 0.333. The molecular weight excluding hydrogens is 308 g/mol. The van der Waals surface area contributed by atoms with Gasteiger partial charge >= 0.3 is 0 Å². The molecular formula is C18H24N2O4. The van der Waals surface area contributed by atoms with E-state index in [9.17, 15) is 5.11 Å². The SMILES string of the molecule is CCNc1ccc(OC)c(CNc2cc(O)c(OC)c(OC)c2)c1. The van der Waals surface area contributed by atoms with Crippen LogP contribution in [0, 0.1) is 0 Å². The Labute approximate surface area is 142 Å². The Morgan fingerprint density at radius 3 is 2.25 bits per heavy atom. The lowest BCUT2D eigenvalue weighted by atomic mass is 10.1. The van der Waals surface area contributed by atoms with Crippen molar-refractivity contribution >= 4 is 11.4 Å². The van der Waals surface area contributed by atoms with Crippen molar-refractivity contribution in [3.8, 4) is 23.0 Å². The van der Waals surface area contributed by atoms with Crippen molar-refractivity contribution in [2.24, 2.45) is 0 Å². The molecule has 0 aliphatic heterocycles. The molecule has 0 heterocycles. The summed E-state index contributed by atoms with van der Waals surface area (Å²) in [6, 6.07) is 9.33. The lowest BCUT2D eigenvalue weighted by Gasteiger charge is -2.15. The number of ether oxygens (including phenoxy) is 3. The summed E-state index contributed by atoms with van der Waals surface area (Å²) >= 11 is 0. The maximum Gasteiger partial charge on any atom is 0.203 e. The van der Waals surface area contributed by atoms with Crippen LogP contribution in [0.2, 0.25) is 0 Å². The number of rotatable bonds is 8. The summed E-state index contributed by atoms with van der Waals surface area (Å²) in [6.45, 7) is 3.44. The Hall–Kier alpha value is -2.76. The van der Waals surface area contributed by atoms with Crippen LogP contribution < -0.4 is 24.8 Å². The first-order valence-electron chi connectivity index (χ1n) is 7.72. The molecule has 0 bridgehead atoms. The summed E-state index contributed by atoms with van der Waals surface area (Å²) in [5.41, 5.74) is 2.76. The number of anilines is 2. The van der Waals surface area contributed by atoms with Gasteiger partial charge < -0.3 is 30.0 Å². The number of phenols is 1. The minimum atomic E-state index is 0.0210. The van der Waals surface area contributed by atoms with E-state index in [-0.39, 0.29) is 5.75 Å². The number of benzene rings is 2. The zero-order valence-electron chi connectivity index (χ0n) is 14.5. The largest absolute Gasteiger partial charge is 0.504 e. The third kappa shape index (κ3) is 3.95. The lowest BCUT2D eigenvalue weighted by molar-refractivity contribution is 0.333. The highest BCUT2D eigenvalue weighted by molar-refractivity contribution is 5.62. The standard InChI is InChI=1S/C18H24N2O4/c1-5-19-13-6-7-16(22-2)12(8-13)11-20-14-9-15(21)18(24-4)17(10-14)23-3/h6-10,19-21H,5,11H2,1-4H3. The second-order valence-electron chi connectivity index (χ2n) is 5.14. The predicted molar refractivity (Wildman–Crippen MR) is 95.7 cm³/mol. The highest BCUT2D eigenvalue weighted by Gasteiger charge is 2.12.